The first-order valence-electron chi connectivity index (χ1n) is 2.19. The molecule has 0 aliphatic carbocycles. The van der Waals surface area contributed by atoms with Gasteiger partial charge in [-0.05, 0) is 0 Å². The van der Waals surface area contributed by atoms with Crippen molar-refractivity contribution in [3.8, 4) is 6.07 Å². The van der Waals surface area contributed by atoms with Crippen LogP contribution in [0.4, 0.5) is 0 Å². The third kappa shape index (κ3) is 3.13. The molecule has 50 valence electrons. The zero-order chi connectivity index (χ0) is 7.98. The van der Waals surface area contributed by atoms with Crippen LogP contribution in [0.1, 0.15) is 0 Å². The molecule has 0 saturated heterocycles. The predicted molar refractivity (Wildman–Crippen MR) is 33.6 cm³/mol. The van der Waals surface area contributed by atoms with Crippen molar-refractivity contribution >= 4 is 5.87 Å². The third-order valence-corrected chi connectivity index (χ3v) is 0.604. The lowest BCUT2D eigenvalue weighted by molar-refractivity contribution is -0.402. The van der Waals surface area contributed by atoms with Gasteiger partial charge >= 0.3 is 0 Å². The van der Waals surface area contributed by atoms with Crippen LogP contribution in [0.2, 0.25) is 0 Å². The molecular weight excluding hydrogens is 134 g/mol. The minimum absolute atomic E-state index is 0.281. The Morgan fingerprint density at radius 3 is 2.70 bits per heavy atom. The summed E-state index contributed by atoms with van der Waals surface area (Å²) in [6.45, 7) is 0. The Balaban J connectivity index is 4.31. The summed E-state index contributed by atoms with van der Waals surface area (Å²) in [6.07, 6.45) is 1.39. The number of nitro groups is 1. The zero-order valence-corrected chi connectivity index (χ0v) is 4.81. The lowest BCUT2D eigenvalue weighted by Gasteiger charge is -1.79. The van der Waals surface area contributed by atoms with E-state index in [1.54, 1.807) is 0 Å². The Hall–Kier alpha value is -1.92. The molecule has 0 radical (unpaired) electrons. The summed E-state index contributed by atoms with van der Waals surface area (Å²) in [4.78, 5) is 8.88. The molecule has 0 bridgehead atoms. The van der Waals surface area contributed by atoms with Gasteiger partial charge in [0.2, 0.25) is 6.20 Å². The van der Waals surface area contributed by atoms with Crippen LogP contribution in [-0.4, -0.2) is 10.8 Å². The molecule has 0 saturated carbocycles. The van der Waals surface area contributed by atoms with Crippen molar-refractivity contribution in [2.75, 3.05) is 0 Å². The van der Waals surface area contributed by atoms with Gasteiger partial charge in [0, 0.05) is 6.08 Å². The highest BCUT2D eigenvalue weighted by atomic mass is 16.6. The van der Waals surface area contributed by atoms with Crippen molar-refractivity contribution in [1.82, 2.24) is 0 Å². The molecule has 0 aromatic carbocycles. The van der Waals surface area contributed by atoms with Gasteiger partial charge in [0.15, 0.2) is 0 Å². The highest BCUT2D eigenvalue weighted by Crippen LogP contribution is 1.87. The average molecular weight is 136 g/mol. The number of hydrogen-bond donors (Lipinski definition) is 0. The molecule has 5 nitrogen and oxygen atoms in total. The topological polar surface area (TPSA) is 89.2 Å². The molecule has 0 amide bonds. The number of nitrogens with zero attached hydrogens (tertiary/aromatic N) is 3. The van der Waals surface area contributed by atoms with Gasteiger partial charge in [-0.15, -0.1) is 0 Å². The first-order chi connectivity index (χ1) is 4.70. The van der Waals surface area contributed by atoms with Crippen molar-refractivity contribution in [2.45, 2.75) is 0 Å². The summed E-state index contributed by atoms with van der Waals surface area (Å²) in [6, 6.07) is 1.47. The predicted octanol–water partition coefficient (Wildman–Crippen LogP) is 0.466. The van der Waals surface area contributed by atoms with Gasteiger partial charge in [-0.3, -0.25) is 16.0 Å². The molecule has 0 aliphatic rings. The minimum Gasteiger partial charge on any atom is -0.762 e. The summed E-state index contributed by atoms with van der Waals surface area (Å²) < 4.78 is 0. The summed E-state index contributed by atoms with van der Waals surface area (Å²) in [5.74, 6) is 1.47. The Kier molecular flexibility index (Phi) is 3.24. The van der Waals surface area contributed by atoms with Crippen molar-refractivity contribution in [3.05, 3.63) is 33.4 Å². The normalized spacial score (nSPS) is 8.30. The Labute approximate surface area is 56.6 Å². The van der Waals surface area contributed by atoms with Crippen LogP contribution in [0, 0.1) is 21.4 Å². The number of hydrogen-bond acceptors (Lipinski definition) is 3. The maximum atomic E-state index is 9.62. The van der Waals surface area contributed by atoms with Crippen LogP contribution in [0.15, 0.2) is 17.8 Å². The van der Waals surface area contributed by atoms with Crippen LogP contribution >= 0.6 is 0 Å². The number of allylic oxidation sites excluding steroid dienone is 2. The second-order valence-electron chi connectivity index (χ2n) is 1.24. The van der Waals surface area contributed by atoms with Gasteiger partial charge in [-0.2, -0.15) is 5.26 Å². The van der Waals surface area contributed by atoms with Gasteiger partial charge in [-0.1, -0.05) is 0 Å². The molecule has 0 aromatic heterocycles. The molecule has 10 heavy (non-hydrogen) atoms. The molecule has 0 fully saturated rings. The van der Waals surface area contributed by atoms with E-state index in [4.69, 9.17) is 10.7 Å². The van der Waals surface area contributed by atoms with Gasteiger partial charge in [-0.25, -0.2) is 0 Å². The van der Waals surface area contributed by atoms with E-state index in [1.165, 1.54) is 11.9 Å². The molecule has 0 spiro atoms. The first-order valence-corrected chi connectivity index (χ1v) is 2.19. The van der Waals surface area contributed by atoms with E-state index < -0.39 is 4.92 Å². The van der Waals surface area contributed by atoms with E-state index in [1.807, 2.05) is 0 Å². The summed E-state index contributed by atoms with van der Waals surface area (Å²) in [7, 11) is 0. The van der Waals surface area contributed by atoms with Gasteiger partial charge in [0.1, 0.15) is 6.07 Å². The zero-order valence-electron chi connectivity index (χ0n) is 4.81. The van der Waals surface area contributed by atoms with Gasteiger partial charge in [0.25, 0.3) is 0 Å². The Morgan fingerprint density at radius 2 is 2.40 bits per heavy atom. The molecule has 0 atom stereocenters. The van der Waals surface area contributed by atoms with Crippen LogP contribution in [-0.2, 0) is 0 Å². The monoisotopic (exact) mass is 136 g/mol. The average Bonchev–Trinajstić information content (AvgIpc) is 1.90. The second-order valence-corrected chi connectivity index (χ2v) is 1.24. The van der Waals surface area contributed by atoms with Crippen molar-refractivity contribution < 1.29 is 4.92 Å². The van der Waals surface area contributed by atoms with E-state index >= 15 is 0 Å². The smallest absolute Gasteiger partial charge is 0.236 e. The largest absolute Gasteiger partial charge is 0.762 e. The second kappa shape index (κ2) is 4.01. The molecule has 0 unspecified atom stereocenters. The van der Waals surface area contributed by atoms with Crippen molar-refractivity contribution in [3.63, 3.8) is 0 Å². The fourth-order valence-electron chi connectivity index (χ4n) is 0.235. The van der Waals surface area contributed by atoms with Crippen molar-refractivity contribution in [1.29, 1.82) is 5.26 Å². The maximum Gasteiger partial charge on any atom is 0.236 e. The molecule has 0 rings (SSSR count). The molecule has 0 heterocycles. The standard InChI is InChI=1S/C5H2N3O2/c6-3-5(4-7)1-2-8(9)10/h1-2H/q-1/b2-1+. The molecular formula is C5H2N3O2-. The van der Waals surface area contributed by atoms with Crippen molar-refractivity contribution in [2.24, 2.45) is 0 Å². The lowest BCUT2D eigenvalue weighted by atomic mass is 10.3. The fourth-order valence-corrected chi connectivity index (χ4v) is 0.235. The highest BCUT2D eigenvalue weighted by molar-refractivity contribution is 5.69. The SMILES string of the molecule is N#CC(=C=[N-])/C=C/[N+](=O)[O-]. The quantitative estimate of drug-likeness (QED) is 0.181. The fraction of sp³-hybridized carbons (Fsp3) is 0. The Morgan fingerprint density at radius 1 is 1.80 bits per heavy atom. The van der Waals surface area contributed by atoms with Gasteiger partial charge < -0.3 is 5.41 Å². The number of rotatable bonds is 2. The molecule has 5 heteroatoms. The highest BCUT2D eigenvalue weighted by Gasteiger charge is 1.86. The van der Waals surface area contributed by atoms with Crippen LogP contribution < -0.4 is 0 Å². The van der Waals surface area contributed by atoms with Crippen LogP contribution in [0.3, 0.4) is 0 Å². The minimum atomic E-state index is -0.741. The van der Waals surface area contributed by atoms with Gasteiger partial charge in [0.05, 0.1) is 10.5 Å². The Bertz CT molecular complexity index is 255. The lowest BCUT2D eigenvalue weighted by Crippen LogP contribution is -1.83. The molecule has 0 aliphatic heterocycles. The maximum absolute atomic E-state index is 9.62. The summed E-state index contributed by atoms with van der Waals surface area (Å²) >= 11 is 0. The van der Waals surface area contributed by atoms with Crippen LogP contribution in [0.5, 0.6) is 0 Å². The summed E-state index contributed by atoms with van der Waals surface area (Å²) in [5, 5.41) is 25.7. The third-order valence-electron chi connectivity index (χ3n) is 0.604. The van der Waals surface area contributed by atoms with E-state index in [0.717, 1.165) is 6.08 Å². The van der Waals surface area contributed by atoms with Crippen LogP contribution in [0.25, 0.3) is 5.41 Å². The first kappa shape index (κ1) is 8.08. The molecule has 0 N–H and O–H groups in total. The summed E-state index contributed by atoms with van der Waals surface area (Å²) in [5.41, 5.74) is -0.281. The van der Waals surface area contributed by atoms with E-state index in [-0.39, 0.29) is 5.57 Å². The van der Waals surface area contributed by atoms with E-state index in [0.29, 0.717) is 6.20 Å². The van der Waals surface area contributed by atoms with E-state index in [2.05, 4.69) is 0 Å². The number of nitriles is 1. The molecule has 0 aromatic rings. The van der Waals surface area contributed by atoms with E-state index in [9.17, 15) is 10.1 Å².